The highest BCUT2D eigenvalue weighted by Gasteiger charge is 2.54. The molecule has 9 nitrogen and oxygen atoms in total. The van der Waals surface area contributed by atoms with Crippen LogP contribution in [0.2, 0.25) is 0 Å². The van der Waals surface area contributed by atoms with Crippen molar-refractivity contribution >= 4 is 11.8 Å². The fraction of sp³-hybridized carbons (Fsp3) is 0.400. The number of pyridine rings is 1. The molecular weight excluding hydrogens is 489 g/mol. The SMILES string of the molecule is CC1CN(C(N)=O)CC1(OC(F)(F)F)c1ccc(-n2nccc2-c2cccnc2N2CCOCC2)cc1. The lowest BCUT2D eigenvalue weighted by atomic mass is 9.85. The minimum atomic E-state index is -4.90. The van der Waals surface area contributed by atoms with Crippen LogP contribution < -0.4 is 10.6 Å². The molecule has 2 aliphatic heterocycles. The van der Waals surface area contributed by atoms with Crippen molar-refractivity contribution < 1.29 is 27.4 Å². The number of likely N-dealkylation sites (tertiary alicyclic amines) is 1. The molecule has 2 fully saturated rings. The second kappa shape index (κ2) is 9.67. The van der Waals surface area contributed by atoms with E-state index < -0.39 is 23.9 Å². The van der Waals surface area contributed by atoms with Gasteiger partial charge in [-0.2, -0.15) is 5.10 Å². The van der Waals surface area contributed by atoms with Crippen molar-refractivity contribution in [2.75, 3.05) is 44.3 Å². The minimum Gasteiger partial charge on any atom is -0.378 e. The summed E-state index contributed by atoms with van der Waals surface area (Å²) in [6.45, 7) is 4.04. The summed E-state index contributed by atoms with van der Waals surface area (Å²) in [7, 11) is 0. The second-order valence-electron chi connectivity index (χ2n) is 9.21. The number of benzene rings is 1. The predicted octanol–water partition coefficient (Wildman–Crippen LogP) is 3.53. The van der Waals surface area contributed by atoms with Gasteiger partial charge in [-0.3, -0.25) is 4.74 Å². The Kier molecular flexibility index (Phi) is 6.54. The highest BCUT2D eigenvalue weighted by molar-refractivity contribution is 5.75. The molecule has 2 saturated heterocycles. The molecule has 2 atom stereocenters. The number of halogens is 3. The monoisotopic (exact) mass is 516 g/mol. The number of rotatable bonds is 5. The van der Waals surface area contributed by atoms with Crippen LogP contribution >= 0.6 is 0 Å². The van der Waals surface area contributed by atoms with Gasteiger partial charge < -0.3 is 20.3 Å². The van der Waals surface area contributed by atoms with E-state index in [2.05, 4.69) is 19.7 Å². The third-order valence-corrected chi connectivity index (χ3v) is 6.94. The summed E-state index contributed by atoms with van der Waals surface area (Å²) in [5.74, 6) is 0.173. The molecule has 0 spiro atoms. The Balaban J connectivity index is 1.50. The van der Waals surface area contributed by atoms with Crippen LogP contribution in [0, 0.1) is 5.92 Å². The van der Waals surface area contributed by atoms with E-state index in [9.17, 15) is 18.0 Å². The standard InChI is InChI=1S/C25H27F3N6O3/c1-17-15-33(23(29)35)16-24(17,37-25(26,27)28)18-4-6-19(7-5-18)34-21(8-10-31-34)20-3-2-9-30-22(20)32-11-13-36-14-12-32/h2-10,17H,11-16H2,1H3,(H2,29,35). The molecule has 12 heteroatoms. The lowest BCUT2D eigenvalue weighted by Gasteiger charge is -2.34. The van der Waals surface area contributed by atoms with E-state index in [1.54, 1.807) is 48.3 Å². The smallest absolute Gasteiger partial charge is 0.378 e. The van der Waals surface area contributed by atoms with Crippen molar-refractivity contribution in [1.82, 2.24) is 19.7 Å². The van der Waals surface area contributed by atoms with Gasteiger partial charge in [0.15, 0.2) is 0 Å². The number of alkyl halides is 3. The van der Waals surface area contributed by atoms with Gasteiger partial charge in [0.1, 0.15) is 11.4 Å². The summed E-state index contributed by atoms with van der Waals surface area (Å²) >= 11 is 0. The zero-order valence-corrected chi connectivity index (χ0v) is 20.2. The van der Waals surface area contributed by atoms with Crippen molar-refractivity contribution in [2.45, 2.75) is 18.9 Å². The number of anilines is 1. The zero-order valence-electron chi connectivity index (χ0n) is 20.2. The Labute approximate surface area is 211 Å². The highest BCUT2D eigenvalue weighted by Crippen LogP contribution is 2.44. The molecule has 2 aromatic heterocycles. The maximum atomic E-state index is 13.5. The van der Waals surface area contributed by atoms with Gasteiger partial charge in [-0.15, -0.1) is 13.2 Å². The molecule has 0 saturated carbocycles. The quantitative estimate of drug-likeness (QED) is 0.557. The van der Waals surface area contributed by atoms with Crippen LogP contribution in [0.1, 0.15) is 12.5 Å². The van der Waals surface area contributed by atoms with Gasteiger partial charge in [0.2, 0.25) is 0 Å². The van der Waals surface area contributed by atoms with Crippen molar-refractivity contribution in [2.24, 2.45) is 11.7 Å². The number of urea groups is 1. The molecule has 2 amide bonds. The van der Waals surface area contributed by atoms with Crippen LogP contribution in [0.4, 0.5) is 23.8 Å². The Morgan fingerprint density at radius 3 is 2.51 bits per heavy atom. The average Bonchev–Trinajstić information content (AvgIpc) is 3.49. The van der Waals surface area contributed by atoms with Crippen molar-refractivity contribution in [3.63, 3.8) is 0 Å². The molecule has 2 aliphatic rings. The number of nitrogens with two attached hydrogens (primary N) is 1. The first-order chi connectivity index (χ1) is 17.7. The topological polar surface area (TPSA) is 98.7 Å². The van der Waals surface area contributed by atoms with Crippen molar-refractivity contribution in [1.29, 1.82) is 0 Å². The molecule has 2 N–H and O–H groups in total. The van der Waals surface area contributed by atoms with Crippen LogP contribution in [0.5, 0.6) is 0 Å². The fourth-order valence-corrected chi connectivity index (χ4v) is 5.15. The molecule has 0 aliphatic carbocycles. The Hall–Kier alpha value is -3.64. The number of carbonyl (C=O) groups is 1. The first-order valence-corrected chi connectivity index (χ1v) is 11.9. The van der Waals surface area contributed by atoms with Crippen molar-refractivity contribution in [3.8, 4) is 16.9 Å². The van der Waals surface area contributed by atoms with Crippen molar-refractivity contribution in [3.05, 3.63) is 60.4 Å². The Bertz CT molecular complexity index is 1260. The number of nitrogens with zero attached hydrogens (tertiary/aromatic N) is 5. The number of carbonyl (C=O) groups excluding carboxylic acids is 1. The maximum Gasteiger partial charge on any atom is 0.523 e. The summed E-state index contributed by atoms with van der Waals surface area (Å²) in [6.07, 6.45) is -1.49. The normalized spacial score (nSPS) is 22.4. The van der Waals surface area contributed by atoms with Crippen LogP contribution in [0.15, 0.2) is 54.9 Å². The summed E-state index contributed by atoms with van der Waals surface area (Å²) in [5.41, 5.74) is 6.22. The molecule has 4 heterocycles. The van der Waals surface area contributed by atoms with Gasteiger partial charge in [0.25, 0.3) is 0 Å². The number of aromatic nitrogens is 3. The first kappa shape index (κ1) is 25.0. The molecule has 2 unspecified atom stereocenters. The van der Waals surface area contributed by atoms with Crippen LogP contribution in [0.3, 0.4) is 0 Å². The number of primary amides is 1. The first-order valence-electron chi connectivity index (χ1n) is 11.9. The van der Waals surface area contributed by atoms with Gasteiger partial charge >= 0.3 is 12.4 Å². The molecule has 37 heavy (non-hydrogen) atoms. The van der Waals surface area contributed by atoms with Gasteiger partial charge in [0.05, 0.1) is 37.3 Å². The highest BCUT2D eigenvalue weighted by atomic mass is 19.4. The van der Waals surface area contributed by atoms with Gasteiger partial charge in [0, 0.05) is 37.3 Å². The summed E-state index contributed by atoms with van der Waals surface area (Å²) < 4.78 is 52.3. The van der Waals surface area contributed by atoms with Crippen LogP contribution in [-0.4, -0.2) is 71.5 Å². The van der Waals surface area contributed by atoms with Crippen LogP contribution in [-0.2, 0) is 15.1 Å². The van der Waals surface area contributed by atoms with E-state index in [1.165, 1.54) is 4.90 Å². The number of amides is 2. The number of hydrogen-bond acceptors (Lipinski definition) is 6. The molecule has 196 valence electrons. The minimum absolute atomic E-state index is 0.0573. The largest absolute Gasteiger partial charge is 0.523 e. The second-order valence-corrected chi connectivity index (χ2v) is 9.21. The summed E-state index contributed by atoms with van der Waals surface area (Å²) in [6, 6.07) is 11.4. The zero-order chi connectivity index (χ0) is 26.2. The number of morpholine rings is 1. The Morgan fingerprint density at radius 1 is 1.14 bits per heavy atom. The molecular formula is C25H27F3N6O3. The third-order valence-electron chi connectivity index (χ3n) is 6.94. The summed E-state index contributed by atoms with van der Waals surface area (Å²) in [5, 5.41) is 4.47. The van der Waals surface area contributed by atoms with E-state index >= 15 is 0 Å². The molecule has 5 rings (SSSR count). The Morgan fingerprint density at radius 2 is 1.86 bits per heavy atom. The lowest BCUT2D eigenvalue weighted by Crippen LogP contribution is -2.43. The van der Waals surface area contributed by atoms with E-state index in [4.69, 9.17) is 10.5 Å². The number of hydrogen-bond donors (Lipinski definition) is 1. The fourth-order valence-electron chi connectivity index (χ4n) is 5.15. The van der Waals surface area contributed by atoms with Gasteiger partial charge in [-0.1, -0.05) is 19.1 Å². The summed E-state index contributed by atoms with van der Waals surface area (Å²) in [4.78, 5) is 19.7. The van der Waals surface area contributed by atoms with Gasteiger partial charge in [-0.05, 0) is 35.9 Å². The molecule has 0 radical (unpaired) electrons. The maximum absolute atomic E-state index is 13.5. The molecule has 1 aromatic carbocycles. The van der Waals surface area contributed by atoms with Gasteiger partial charge in [-0.25, -0.2) is 14.5 Å². The lowest BCUT2D eigenvalue weighted by molar-refractivity contribution is -0.374. The molecule has 0 bridgehead atoms. The average molecular weight is 517 g/mol. The van der Waals surface area contributed by atoms with E-state index in [0.29, 0.717) is 37.6 Å². The molecule has 3 aromatic rings. The number of ether oxygens (including phenoxy) is 2. The van der Waals surface area contributed by atoms with E-state index in [0.717, 1.165) is 17.1 Å². The predicted molar refractivity (Wildman–Crippen MR) is 129 cm³/mol. The third kappa shape index (κ3) is 4.86. The van der Waals surface area contributed by atoms with E-state index in [1.807, 2.05) is 18.2 Å². The van der Waals surface area contributed by atoms with Crippen LogP contribution in [0.25, 0.3) is 16.9 Å². The van der Waals surface area contributed by atoms with E-state index in [-0.39, 0.29) is 13.1 Å².